The number of azo groups is 1. The molecule has 142 valence electrons. The van der Waals surface area contributed by atoms with Crippen molar-refractivity contribution < 1.29 is 4.74 Å². The van der Waals surface area contributed by atoms with Gasteiger partial charge in [0.05, 0.1) is 12.6 Å². The van der Waals surface area contributed by atoms with E-state index in [1.165, 1.54) is 25.7 Å². The zero-order valence-electron chi connectivity index (χ0n) is 16.7. The molecule has 2 unspecified atom stereocenters. The van der Waals surface area contributed by atoms with E-state index in [9.17, 15) is 0 Å². The summed E-state index contributed by atoms with van der Waals surface area (Å²) in [6.45, 7) is 13.6. The molecule has 0 rings (SSSR count). The van der Waals surface area contributed by atoms with Gasteiger partial charge in [-0.3, -0.25) is 0 Å². The Balaban J connectivity index is 4.78. The quantitative estimate of drug-likeness (QED) is 0.241. The normalized spacial score (nSPS) is 15.5. The predicted octanol–water partition coefficient (Wildman–Crippen LogP) is 6.25. The van der Waals surface area contributed by atoms with E-state index in [4.69, 9.17) is 22.1 Å². The van der Waals surface area contributed by atoms with Crippen LogP contribution >= 0.6 is 12.2 Å². The van der Waals surface area contributed by atoms with Crippen LogP contribution < -0.4 is 5.32 Å². The Labute approximate surface area is 155 Å². The van der Waals surface area contributed by atoms with Crippen LogP contribution in [-0.4, -0.2) is 23.5 Å². The fourth-order valence-electron chi connectivity index (χ4n) is 2.65. The first kappa shape index (κ1) is 23.3. The third-order valence-corrected chi connectivity index (χ3v) is 4.24. The van der Waals surface area contributed by atoms with Gasteiger partial charge in [0.15, 0.2) is 5.66 Å². The highest BCUT2D eigenvalue weighted by atomic mass is 32.1. The minimum atomic E-state index is -0.448. The fraction of sp³-hybridized carbons (Fsp3) is 0.947. The van der Waals surface area contributed by atoms with Crippen molar-refractivity contribution in [2.45, 2.75) is 105 Å². The van der Waals surface area contributed by atoms with Gasteiger partial charge in [0, 0.05) is 0 Å². The molecule has 0 bridgehead atoms. The smallest absolute Gasteiger partial charge is 0.258 e. The van der Waals surface area contributed by atoms with Gasteiger partial charge in [0.2, 0.25) is 0 Å². The van der Waals surface area contributed by atoms with Gasteiger partial charge in [-0.25, -0.2) is 0 Å². The zero-order chi connectivity index (χ0) is 18.4. The molecule has 5 heteroatoms. The van der Waals surface area contributed by atoms with Crippen LogP contribution in [0.1, 0.15) is 92.9 Å². The number of nitrogens with zero attached hydrogens (tertiary/aromatic N) is 2. The summed E-state index contributed by atoms with van der Waals surface area (Å²) in [7, 11) is 0. The first-order valence-corrected chi connectivity index (χ1v) is 10.2. The van der Waals surface area contributed by atoms with Gasteiger partial charge in [-0.1, -0.05) is 60.3 Å². The molecule has 0 aliphatic carbocycles. The maximum atomic E-state index is 5.55. The van der Waals surface area contributed by atoms with E-state index in [0.717, 1.165) is 25.7 Å². The minimum absolute atomic E-state index is 0.256. The molecule has 0 fully saturated rings. The SMILES string of the molecule is CCCCCCC(C)/N=N/C(CC)(CC(C)C)NC(=S)OCCC. The Bertz CT molecular complexity index is 361. The van der Waals surface area contributed by atoms with Gasteiger partial charge >= 0.3 is 0 Å². The molecule has 0 aliphatic heterocycles. The summed E-state index contributed by atoms with van der Waals surface area (Å²) in [6, 6.07) is 0.256. The Morgan fingerprint density at radius 1 is 1.08 bits per heavy atom. The molecule has 2 atom stereocenters. The van der Waals surface area contributed by atoms with Crippen molar-refractivity contribution in [3.63, 3.8) is 0 Å². The van der Waals surface area contributed by atoms with Gasteiger partial charge in [0.25, 0.3) is 5.17 Å². The summed E-state index contributed by atoms with van der Waals surface area (Å²) in [5.41, 5.74) is -0.448. The molecule has 0 saturated heterocycles. The van der Waals surface area contributed by atoms with Crippen LogP contribution in [0.3, 0.4) is 0 Å². The highest BCUT2D eigenvalue weighted by Crippen LogP contribution is 2.24. The van der Waals surface area contributed by atoms with Crippen molar-refractivity contribution >= 4 is 17.4 Å². The lowest BCUT2D eigenvalue weighted by atomic mass is 9.95. The van der Waals surface area contributed by atoms with Crippen LogP contribution in [0, 0.1) is 5.92 Å². The first-order chi connectivity index (χ1) is 11.4. The summed E-state index contributed by atoms with van der Waals surface area (Å²) < 4.78 is 5.55. The molecule has 0 aromatic heterocycles. The Hall–Kier alpha value is -0.710. The van der Waals surface area contributed by atoms with Crippen LogP contribution in [0.2, 0.25) is 0 Å². The molecule has 0 aromatic rings. The number of ether oxygens (including phenoxy) is 1. The molecule has 0 aromatic carbocycles. The second kappa shape index (κ2) is 13.6. The first-order valence-electron chi connectivity index (χ1n) is 9.76. The summed E-state index contributed by atoms with van der Waals surface area (Å²) in [5, 5.41) is 13.1. The lowest BCUT2D eigenvalue weighted by Gasteiger charge is -2.31. The van der Waals surface area contributed by atoms with E-state index in [1.54, 1.807) is 0 Å². The van der Waals surface area contributed by atoms with Crippen molar-refractivity contribution in [3.05, 3.63) is 0 Å². The summed E-state index contributed by atoms with van der Waals surface area (Å²) in [4.78, 5) is 0. The number of unbranched alkanes of at least 4 members (excludes halogenated alkanes) is 3. The summed E-state index contributed by atoms with van der Waals surface area (Å²) in [5.74, 6) is 0.505. The highest BCUT2D eigenvalue weighted by molar-refractivity contribution is 7.80. The third-order valence-electron chi connectivity index (χ3n) is 4.02. The van der Waals surface area contributed by atoms with Gasteiger partial charge in [-0.15, -0.1) is 0 Å². The Morgan fingerprint density at radius 3 is 2.33 bits per heavy atom. The molecule has 0 amide bonds. The van der Waals surface area contributed by atoms with E-state index in [1.807, 2.05) is 0 Å². The number of nitrogens with one attached hydrogen (secondary N) is 1. The summed E-state index contributed by atoms with van der Waals surface area (Å²) >= 11 is 5.33. The standard InChI is InChI=1S/C19H39N3OS/c1-7-10-11-12-13-17(6)21-22-19(9-3,15-16(4)5)20-18(24)23-14-8-2/h16-17H,7-15H2,1-6H3,(H,20,24)/b22-21+. The fourth-order valence-corrected chi connectivity index (χ4v) is 2.92. The predicted molar refractivity (Wildman–Crippen MR) is 108 cm³/mol. The van der Waals surface area contributed by atoms with E-state index in [0.29, 0.717) is 17.7 Å². The lowest BCUT2D eigenvalue weighted by molar-refractivity contribution is 0.241. The zero-order valence-corrected chi connectivity index (χ0v) is 17.5. The number of hydrogen-bond acceptors (Lipinski definition) is 4. The van der Waals surface area contributed by atoms with Gasteiger partial charge < -0.3 is 10.1 Å². The molecule has 0 spiro atoms. The summed E-state index contributed by atoms with van der Waals surface area (Å²) in [6.07, 6.45) is 8.86. The number of rotatable bonds is 13. The second-order valence-electron chi connectivity index (χ2n) is 7.16. The molecule has 0 aliphatic rings. The minimum Gasteiger partial charge on any atom is -0.471 e. The van der Waals surface area contributed by atoms with Crippen LogP contribution in [0.15, 0.2) is 10.2 Å². The second-order valence-corrected chi connectivity index (χ2v) is 7.53. The van der Waals surface area contributed by atoms with Crippen molar-refractivity contribution in [3.8, 4) is 0 Å². The largest absolute Gasteiger partial charge is 0.471 e. The van der Waals surface area contributed by atoms with E-state index >= 15 is 0 Å². The van der Waals surface area contributed by atoms with Crippen LogP contribution in [0.4, 0.5) is 0 Å². The maximum Gasteiger partial charge on any atom is 0.258 e. The Kier molecular flexibility index (Phi) is 13.2. The molecular weight excluding hydrogens is 318 g/mol. The molecule has 24 heavy (non-hydrogen) atoms. The van der Waals surface area contributed by atoms with E-state index in [-0.39, 0.29) is 6.04 Å². The lowest BCUT2D eigenvalue weighted by Crippen LogP contribution is -2.47. The van der Waals surface area contributed by atoms with Crippen LogP contribution in [-0.2, 0) is 4.74 Å². The topological polar surface area (TPSA) is 46.0 Å². The van der Waals surface area contributed by atoms with Gasteiger partial charge in [0.1, 0.15) is 0 Å². The molecular formula is C19H39N3OS. The van der Waals surface area contributed by atoms with Gasteiger partial charge in [-0.05, 0) is 50.7 Å². The third kappa shape index (κ3) is 11.0. The van der Waals surface area contributed by atoms with Gasteiger partial charge in [-0.2, -0.15) is 10.2 Å². The average molecular weight is 358 g/mol. The monoisotopic (exact) mass is 357 g/mol. The molecule has 4 nitrogen and oxygen atoms in total. The molecule has 0 saturated carbocycles. The van der Waals surface area contributed by atoms with Crippen molar-refractivity contribution in [2.75, 3.05) is 6.61 Å². The van der Waals surface area contributed by atoms with Crippen LogP contribution in [0.5, 0.6) is 0 Å². The average Bonchev–Trinajstić information content (AvgIpc) is 2.54. The van der Waals surface area contributed by atoms with Crippen molar-refractivity contribution in [1.29, 1.82) is 0 Å². The molecule has 1 N–H and O–H groups in total. The van der Waals surface area contributed by atoms with E-state index < -0.39 is 5.66 Å². The van der Waals surface area contributed by atoms with Crippen LogP contribution in [0.25, 0.3) is 0 Å². The maximum absolute atomic E-state index is 5.55. The molecule has 0 heterocycles. The van der Waals surface area contributed by atoms with E-state index in [2.05, 4.69) is 52.0 Å². The van der Waals surface area contributed by atoms with Crippen molar-refractivity contribution in [1.82, 2.24) is 5.32 Å². The molecule has 0 radical (unpaired) electrons. The highest BCUT2D eigenvalue weighted by Gasteiger charge is 2.30. The Morgan fingerprint density at radius 2 is 1.79 bits per heavy atom. The number of thiocarbonyl (C=S) groups is 1. The number of hydrogen-bond donors (Lipinski definition) is 1. The van der Waals surface area contributed by atoms with Crippen molar-refractivity contribution in [2.24, 2.45) is 16.1 Å².